The van der Waals surface area contributed by atoms with Crippen LogP contribution < -0.4 is 10.6 Å². The Hall–Kier alpha value is -1.64. The molecule has 1 aliphatic rings. The Morgan fingerprint density at radius 3 is 2.71 bits per heavy atom. The minimum Gasteiger partial charge on any atom is -0.378 e. The van der Waals surface area contributed by atoms with E-state index in [4.69, 9.17) is 22.1 Å². The maximum absolute atomic E-state index is 5.82. The van der Waals surface area contributed by atoms with Crippen molar-refractivity contribution in [2.24, 2.45) is 0 Å². The monoisotopic (exact) mass is 324 g/mol. The fraction of sp³-hybridized carbons (Fsp3) is 0.333. The van der Waals surface area contributed by atoms with E-state index in [1.54, 1.807) is 18.3 Å². The summed E-state index contributed by atoms with van der Waals surface area (Å²) >= 11 is 7.13. The normalized spacial score (nSPS) is 15.2. The molecule has 9 heteroatoms. The van der Waals surface area contributed by atoms with Crippen LogP contribution in [0, 0.1) is 0 Å². The van der Waals surface area contributed by atoms with Gasteiger partial charge in [0.05, 0.1) is 18.2 Å². The van der Waals surface area contributed by atoms with Crippen molar-refractivity contribution < 1.29 is 4.74 Å². The van der Waals surface area contributed by atoms with Crippen molar-refractivity contribution in [3.63, 3.8) is 0 Å². The Labute approximate surface area is 130 Å². The van der Waals surface area contributed by atoms with Crippen LogP contribution in [0.5, 0.6) is 0 Å². The lowest BCUT2D eigenvalue weighted by molar-refractivity contribution is 0.122. The Morgan fingerprint density at radius 1 is 1.19 bits per heavy atom. The molecule has 1 aliphatic heterocycles. The summed E-state index contributed by atoms with van der Waals surface area (Å²) in [5, 5.41) is 1.85. The molecule has 2 N–H and O–H groups in total. The van der Waals surface area contributed by atoms with Crippen LogP contribution in [0.1, 0.15) is 0 Å². The number of nitrogens with two attached hydrogens (primary N) is 1. The van der Waals surface area contributed by atoms with E-state index in [-0.39, 0.29) is 5.95 Å². The van der Waals surface area contributed by atoms with Crippen LogP contribution in [-0.2, 0) is 4.74 Å². The van der Waals surface area contributed by atoms with Gasteiger partial charge in [-0.3, -0.25) is 0 Å². The van der Waals surface area contributed by atoms with E-state index in [9.17, 15) is 0 Å². The number of morpholine rings is 1. The molecule has 0 aromatic carbocycles. The van der Waals surface area contributed by atoms with Crippen LogP contribution >= 0.6 is 23.4 Å². The second kappa shape index (κ2) is 6.42. The summed E-state index contributed by atoms with van der Waals surface area (Å²) in [4.78, 5) is 19.0. The number of anilines is 2. The number of ether oxygens (including phenoxy) is 1. The average Bonchev–Trinajstić information content (AvgIpc) is 2.50. The highest BCUT2D eigenvalue weighted by Crippen LogP contribution is 2.25. The topological polar surface area (TPSA) is 90.0 Å². The summed E-state index contributed by atoms with van der Waals surface area (Å²) in [7, 11) is 0. The van der Waals surface area contributed by atoms with Gasteiger partial charge in [0.15, 0.2) is 0 Å². The molecule has 110 valence electrons. The third kappa shape index (κ3) is 3.72. The average molecular weight is 325 g/mol. The zero-order chi connectivity index (χ0) is 14.7. The minimum atomic E-state index is 0.197. The number of nitrogen functional groups attached to an aromatic ring is 1. The summed E-state index contributed by atoms with van der Waals surface area (Å²) in [6.07, 6.45) is 1.58. The van der Waals surface area contributed by atoms with Gasteiger partial charge in [-0.1, -0.05) is 11.6 Å². The van der Waals surface area contributed by atoms with E-state index in [0.717, 1.165) is 18.1 Å². The molecule has 21 heavy (non-hydrogen) atoms. The molecule has 7 nitrogen and oxygen atoms in total. The third-order valence-corrected chi connectivity index (χ3v) is 3.85. The minimum absolute atomic E-state index is 0.197. The fourth-order valence-electron chi connectivity index (χ4n) is 1.83. The molecule has 0 spiro atoms. The number of hydrogen-bond acceptors (Lipinski definition) is 8. The SMILES string of the molecule is Nc1nc(Sc2ccc(Cl)cn2)nc(N2CCOCC2)n1. The molecule has 0 amide bonds. The number of halogens is 1. The van der Waals surface area contributed by atoms with Crippen molar-refractivity contribution in [1.29, 1.82) is 0 Å². The zero-order valence-electron chi connectivity index (χ0n) is 11.1. The van der Waals surface area contributed by atoms with Crippen LogP contribution in [0.15, 0.2) is 28.5 Å². The van der Waals surface area contributed by atoms with Crippen LogP contribution in [0.2, 0.25) is 5.02 Å². The Morgan fingerprint density at radius 2 is 2.00 bits per heavy atom. The van der Waals surface area contributed by atoms with Crippen LogP contribution in [0.3, 0.4) is 0 Å². The fourth-order valence-corrected chi connectivity index (χ4v) is 2.63. The molecular weight excluding hydrogens is 312 g/mol. The number of hydrogen-bond donors (Lipinski definition) is 1. The lowest BCUT2D eigenvalue weighted by Crippen LogP contribution is -2.37. The van der Waals surface area contributed by atoms with Crippen molar-refractivity contribution in [1.82, 2.24) is 19.9 Å². The van der Waals surface area contributed by atoms with Gasteiger partial charge in [-0.05, 0) is 23.9 Å². The van der Waals surface area contributed by atoms with Gasteiger partial charge in [-0.25, -0.2) is 4.98 Å². The molecule has 0 bridgehead atoms. The Bertz CT molecular complexity index is 620. The highest BCUT2D eigenvalue weighted by Gasteiger charge is 2.16. The first kappa shape index (κ1) is 14.3. The van der Waals surface area contributed by atoms with Gasteiger partial charge in [0, 0.05) is 19.3 Å². The smallest absolute Gasteiger partial charge is 0.231 e. The van der Waals surface area contributed by atoms with Gasteiger partial charge in [0.2, 0.25) is 17.1 Å². The molecule has 1 fully saturated rings. The molecule has 0 atom stereocenters. The largest absolute Gasteiger partial charge is 0.378 e. The van der Waals surface area contributed by atoms with E-state index >= 15 is 0 Å². The van der Waals surface area contributed by atoms with Crippen molar-refractivity contribution in [2.75, 3.05) is 36.9 Å². The highest BCUT2D eigenvalue weighted by molar-refractivity contribution is 7.99. The molecule has 1 saturated heterocycles. The zero-order valence-corrected chi connectivity index (χ0v) is 12.6. The van der Waals surface area contributed by atoms with Gasteiger partial charge in [0.25, 0.3) is 0 Å². The molecule has 3 rings (SSSR count). The maximum Gasteiger partial charge on any atom is 0.231 e. The first-order valence-corrected chi connectivity index (χ1v) is 7.54. The Balaban J connectivity index is 1.81. The number of pyridine rings is 1. The molecule has 0 saturated carbocycles. The highest BCUT2D eigenvalue weighted by atomic mass is 35.5. The predicted molar refractivity (Wildman–Crippen MR) is 80.6 cm³/mol. The molecule has 0 aliphatic carbocycles. The number of nitrogens with zero attached hydrogens (tertiary/aromatic N) is 5. The molecule has 3 heterocycles. The summed E-state index contributed by atoms with van der Waals surface area (Å²) in [6.45, 7) is 2.80. The lowest BCUT2D eigenvalue weighted by atomic mass is 10.4. The third-order valence-electron chi connectivity index (χ3n) is 2.81. The van der Waals surface area contributed by atoms with E-state index in [0.29, 0.717) is 29.3 Å². The first-order chi connectivity index (χ1) is 10.2. The van der Waals surface area contributed by atoms with Crippen LogP contribution in [0.25, 0.3) is 0 Å². The van der Waals surface area contributed by atoms with E-state index < -0.39 is 0 Å². The first-order valence-electron chi connectivity index (χ1n) is 6.34. The number of aromatic nitrogens is 4. The van der Waals surface area contributed by atoms with Gasteiger partial charge in [-0.15, -0.1) is 0 Å². The maximum atomic E-state index is 5.82. The Kier molecular flexibility index (Phi) is 4.37. The van der Waals surface area contributed by atoms with Crippen molar-refractivity contribution in [3.8, 4) is 0 Å². The van der Waals surface area contributed by atoms with Crippen LogP contribution in [0.4, 0.5) is 11.9 Å². The molecular formula is C12H13ClN6OS. The van der Waals surface area contributed by atoms with Gasteiger partial charge in [-0.2, -0.15) is 15.0 Å². The summed E-state index contributed by atoms with van der Waals surface area (Å²) in [5.41, 5.74) is 5.77. The van der Waals surface area contributed by atoms with Gasteiger partial charge in [0.1, 0.15) is 5.03 Å². The van der Waals surface area contributed by atoms with E-state index in [1.165, 1.54) is 11.8 Å². The molecule has 2 aromatic heterocycles. The van der Waals surface area contributed by atoms with Gasteiger partial charge >= 0.3 is 0 Å². The molecule has 0 unspecified atom stereocenters. The summed E-state index contributed by atoms with van der Waals surface area (Å²) in [5.74, 6) is 0.769. The standard InChI is InChI=1S/C12H13ClN6OS/c13-8-1-2-9(15-7-8)21-12-17-10(14)16-11(18-12)19-3-5-20-6-4-19/h1-2,7H,3-6H2,(H2,14,16,17,18). The van der Waals surface area contributed by atoms with Crippen LogP contribution in [-0.4, -0.2) is 46.2 Å². The van der Waals surface area contributed by atoms with Crippen molar-refractivity contribution >= 4 is 35.3 Å². The quantitative estimate of drug-likeness (QED) is 0.908. The second-order valence-corrected chi connectivity index (χ2v) is 5.72. The van der Waals surface area contributed by atoms with Crippen molar-refractivity contribution in [2.45, 2.75) is 10.2 Å². The summed E-state index contributed by atoms with van der Waals surface area (Å²) in [6, 6.07) is 3.58. The van der Waals surface area contributed by atoms with Gasteiger partial charge < -0.3 is 15.4 Å². The molecule has 2 aromatic rings. The summed E-state index contributed by atoms with van der Waals surface area (Å²) < 4.78 is 5.32. The predicted octanol–water partition coefficient (Wildman–Crippen LogP) is 1.49. The lowest BCUT2D eigenvalue weighted by Gasteiger charge is -2.26. The van der Waals surface area contributed by atoms with E-state index in [1.807, 2.05) is 4.90 Å². The second-order valence-electron chi connectivity index (χ2n) is 4.29. The number of rotatable bonds is 3. The van der Waals surface area contributed by atoms with E-state index in [2.05, 4.69) is 19.9 Å². The van der Waals surface area contributed by atoms with Crippen molar-refractivity contribution in [3.05, 3.63) is 23.4 Å². The molecule has 0 radical (unpaired) electrons.